The highest BCUT2D eigenvalue weighted by Gasteiger charge is 2.04. The van der Waals surface area contributed by atoms with Crippen LogP contribution in [0.5, 0.6) is 0 Å². The molecule has 0 saturated heterocycles. The summed E-state index contributed by atoms with van der Waals surface area (Å²) in [6, 6.07) is 12.9. The van der Waals surface area contributed by atoms with Crippen molar-refractivity contribution in [3.05, 3.63) is 53.2 Å². The molecule has 1 aromatic heterocycles. The number of aromatic nitrogens is 1. The second-order valence-corrected chi connectivity index (χ2v) is 3.94. The van der Waals surface area contributed by atoms with Gasteiger partial charge in [0.15, 0.2) is 0 Å². The Morgan fingerprint density at radius 3 is 2.79 bits per heavy atom. The first-order valence-corrected chi connectivity index (χ1v) is 5.61. The number of benzene rings is 1. The van der Waals surface area contributed by atoms with E-state index in [1.165, 1.54) is 6.20 Å². The number of nitrogens with two attached hydrogens (primary N) is 1. The van der Waals surface area contributed by atoms with Gasteiger partial charge in [-0.05, 0) is 23.8 Å². The van der Waals surface area contributed by atoms with Crippen LogP contribution in [0.25, 0.3) is 0 Å². The van der Waals surface area contributed by atoms with Crippen molar-refractivity contribution in [2.24, 2.45) is 0 Å². The van der Waals surface area contributed by atoms with Gasteiger partial charge in [-0.3, -0.25) is 0 Å². The quantitative estimate of drug-likeness (QED) is 0.867. The molecular formula is C14H11N5. The Bertz CT molecular complexity index is 679. The number of nitrogen functional groups attached to an aromatic ring is 1. The van der Waals surface area contributed by atoms with E-state index in [9.17, 15) is 0 Å². The minimum atomic E-state index is 0.399. The van der Waals surface area contributed by atoms with E-state index < -0.39 is 0 Å². The van der Waals surface area contributed by atoms with E-state index >= 15 is 0 Å². The minimum Gasteiger partial charge on any atom is -0.397 e. The molecule has 2 rings (SSSR count). The SMILES string of the molecule is N#Cc1cccc(CNc2ncc(N)cc2C#N)c1. The molecule has 0 atom stereocenters. The number of hydrogen-bond acceptors (Lipinski definition) is 5. The van der Waals surface area contributed by atoms with Crippen molar-refractivity contribution in [2.75, 3.05) is 11.1 Å². The van der Waals surface area contributed by atoms with Gasteiger partial charge in [0.2, 0.25) is 0 Å². The first kappa shape index (κ1) is 12.4. The Morgan fingerprint density at radius 1 is 1.21 bits per heavy atom. The van der Waals surface area contributed by atoms with Crippen LogP contribution in [0.15, 0.2) is 36.5 Å². The van der Waals surface area contributed by atoms with E-state index in [1.54, 1.807) is 18.2 Å². The lowest BCUT2D eigenvalue weighted by molar-refractivity contribution is 1.10. The monoisotopic (exact) mass is 249 g/mol. The molecule has 3 N–H and O–H groups in total. The van der Waals surface area contributed by atoms with Crippen LogP contribution in [0.4, 0.5) is 11.5 Å². The maximum atomic E-state index is 8.99. The first-order valence-electron chi connectivity index (χ1n) is 5.61. The Labute approximate surface area is 110 Å². The van der Waals surface area contributed by atoms with Crippen LogP contribution >= 0.6 is 0 Å². The van der Waals surface area contributed by atoms with Crippen molar-refractivity contribution in [2.45, 2.75) is 6.54 Å². The third-order valence-electron chi connectivity index (χ3n) is 2.55. The van der Waals surface area contributed by atoms with Crippen LogP contribution in [0.3, 0.4) is 0 Å². The Hall–Kier alpha value is -3.05. The van der Waals surface area contributed by atoms with Crippen molar-refractivity contribution in [1.29, 1.82) is 10.5 Å². The lowest BCUT2D eigenvalue weighted by Crippen LogP contribution is -2.04. The summed E-state index contributed by atoms with van der Waals surface area (Å²) in [7, 11) is 0. The summed E-state index contributed by atoms with van der Waals surface area (Å²) in [5.74, 6) is 0.485. The molecule has 0 aliphatic heterocycles. The summed E-state index contributed by atoms with van der Waals surface area (Å²) in [5.41, 5.74) is 7.97. The fourth-order valence-corrected chi connectivity index (χ4v) is 1.64. The van der Waals surface area contributed by atoms with Crippen molar-refractivity contribution in [3.63, 3.8) is 0 Å². The highest BCUT2D eigenvalue weighted by atomic mass is 15.0. The topological polar surface area (TPSA) is 98.5 Å². The van der Waals surface area contributed by atoms with Gasteiger partial charge < -0.3 is 11.1 Å². The predicted octanol–water partition coefficient (Wildman–Crippen LogP) is 2.02. The second kappa shape index (κ2) is 5.52. The minimum absolute atomic E-state index is 0.399. The van der Waals surface area contributed by atoms with Gasteiger partial charge in [0, 0.05) is 6.54 Å². The fraction of sp³-hybridized carbons (Fsp3) is 0.0714. The van der Waals surface area contributed by atoms with Crippen molar-refractivity contribution < 1.29 is 0 Å². The Balaban J connectivity index is 2.15. The number of nitrogens with one attached hydrogen (secondary N) is 1. The molecule has 19 heavy (non-hydrogen) atoms. The molecular weight excluding hydrogens is 238 g/mol. The van der Waals surface area contributed by atoms with E-state index in [2.05, 4.69) is 16.4 Å². The van der Waals surface area contributed by atoms with Crippen LogP contribution in [0.1, 0.15) is 16.7 Å². The molecule has 0 aliphatic carbocycles. The van der Waals surface area contributed by atoms with Crippen LogP contribution in [0.2, 0.25) is 0 Å². The number of nitrogens with zero attached hydrogens (tertiary/aromatic N) is 3. The third kappa shape index (κ3) is 2.99. The smallest absolute Gasteiger partial charge is 0.144 e. The summed E-state index contributed by atoms with van der Waals surface area (Å²) < 4.78 is 0. The van der Waals surface area contributed by atoms with E-state index in [1.807, 2.05) is 18.2 Å². The van der Waals surface area contributed by atoms with Gasteiger partial charge in [0.1, 0.15) is 11.9 Å². The van der Waals surface area contributed by atoms with Crippen LogP contribution < -0.4 is 11.1 Å². The third-order valence-corrected chi connectivity index (χ3v) is 2.55. The standard InChI is InChI=1S/C14H11N5/c15-6-10-2-1-3-11(4-10)8-18-14-12(7-16)5-13(17)9-19-14/h1-5,9H,8,17H2,(H,18,19). The molecule has 5 heteroatoms. The lowest BCUT2D eigenvalue weighted by atomic mass is 10.1. The van der Waals surface area contributed by atoms with Gasteiger partial charge in [-0.2, -0.15) is 10.5 Å². The predicted molar refractivity (Wildman–Crippen MR) is 71.8 cm³/mol. The summed E-state index contributed by atoms with van der Waals surface area (Å²) in [4.78, 5) is 4.08. The summed E-state index contributed by atoms with van der Waals surface area (Å²) in [6.07, 6.45) is 1.49. The molecule has 1 heterocycles. The van der Waals surface area contributed by atoms with Gasteiger partial charge in [0.05, 0.1) is 29.1 Å². The summed E-state index contributed by atoms with van der Waals surface area (Å²) in [6.45, 7) is 0.487. The van der Waals surface area contributed by atoms with Gasteiger partial charge >= 0.3 is 0 Å². The molecule has 0 amide bonds. The number of rotatable bonds is 3. The Morgan fingerprint density at radius 2 is 2.05 bits per heavy atom. The number of hydrogen-bond donors (Lipinski definition) is 2. The maximum Gasteiger partial charge on any atom is 0.144 e. The largest absolute Gasteiger partial charge is 0.397 e. The zero-order valence-electron chi connectivity index (χ0n) is 10.1. The number of nitriles is 2. The molecule has 5 nitrogen and oxygen atoms in total. The zero-order valence-corrected chi connectivity index (χ0v) is 10.1. The molecule has 0 fully saturated rings. The van der Waals surface area contributed by atoms with Crippen LogP contribution in [-0.2, 0) is 6.54 Å². The Kier molecular flexibility index (Phi) is 3.61. The molecule has 0 aliphatic rings. The highest BCUT2D eigenvalue weighted by molar-refractivity contribution is 5.57. The number of pyridine rings is 1. The molecule has 0 radical (unpaired) electrons. The van der Waals surface area contributed by atoms with E-state index in [0.717, 1.165) is 5.56 Å². The molecule has 0 saturated carbocycles. The van der Waals surface area contributed by atoms with E-state index in [4.69, 9.17) is 16.3 Å². The summed E-state index contributed by atoms with van der Waals surface area (Å²) >= 11 is 0. The van der Waals surface area contributed by atoms with Crippen molar-refractivity contribution in [3.8, 4) is 12.1 Å². The molecule has 1 aromatic carbocycles. The molecule has 2 aromatic rings. The second-order valence-electron chi connectivity index (χ2n) is 3.94. The van der Waals surface area contributed by atoms with Gasteiger partial charge in [-0.15, -0.1) is 0 Å². The fourth-order valence-electron chi connectivity index (χ4n) is 1.64. The maximum absolute atomic E-state index is 8.99. The summed E-state index contributed by atoms with van der Waals surface area (Å²) in [5, 5.41) is 20.9. The average molecular weight is 249 g/mol. The van der Waals surface area contributed by atoms with Gasteiger partial charge in [0.25, 0.3) is 0 Å². The normalized spacial score (nSPS) is 9.37. The number of anilines is 2. The zero-order chi connectivity index (χ0) is 13.7. The van der Waals surface area contributed by atoms with E-state index in [0.29, 0.717) is 29.2 Å². The average Bonchev–Trinajstić information content (AvgIpc) is 2.46. The van der Waals surface area contributed by atoms with Gasteiger partial charge in [-0.1, -0.05) is 12.1 Å². The van der Waals surface area contributed by atoms with Crippen molar-refractivity contribution in [1.82, 2.24) is 4.98 Å². The molecule has 0 unspecified atom stereocenters. The molecule has 92 valence electrons. The van der Waals surface area contributed by atoms with Crippen LogP contribution in [-0.4, -0.2) is 4.98 Å². The molecule has 0 spiro atoms. The van der Waals surface area contributed by atoms with Crippen LogP contribution in [0, 0.1) is 22.7 Å². The van der Waals surface area contributed by atoms with Gasteiger partial charge in [-0.25, -0.2) is 4.98 Å². The molecule has 0 bridgehead atoms. The first-order chi connectivity index (χ1) is 9.22. The van der Waals surface area contributed by atoms with Crippen molar-refractivity contribution >= 4 is 11.5 Å². The lowest BCUT2D eigenvalue weighted by Gasteiger charge is -2.07. The van der Waals surface area contributed by atoms with E-state index in [-0.39, 0.29) is 0 Å². The highest BCUT2D eigenvalue weighted by Crippen LogP contribution is 2.15.